The van der Waals surface area contributed by atoms with E-state index < -0.39 is 16.1 Å². The molecule has 0 radical (unpaired) electrons. The van der Waals surface area contributed by atoms with Gasteiger partial charge < -0.3 is 15.0 Å². The summed E-state index contributed by atoms with van der Waals surface area (Å²) in [6.45, 7) is 8.14. The van der Waals surface area contributed by atoms with Crippen molar-refractivity contribution in [2.24, 2.45) is 0 Å². The molecule has 0 unspecified atom stereocenters. The van der Waals surface area contributed by atoms with Gasteiger partial charge in [-0.2, -0.15) is 0 Å². The first-order valence-corrected chi connectivity index (χ1v) is 16.6. The fraction of sp³-hybridized carbons (Fsp3) is 0.412. The smallest absolute Gasteiger partial charge is 0.243 e. The number of sulfonamides is 1. The molecule has 3 aromatic carbocycles. The average molecular weight is 608 g/mol. The number of hydrogen-bond donors (Lipinski definition) is 1. The molecule has 232 valence electrons. The molecule has 43 heavy (non-hydrogen) atoms. The van der Waals surface area contributed by atoms with Crippen molar-refractivity contribution >= 4 is 27.5 Å². The molecule has 0 aliphatic rings. The highest BCUT2D eigenvalue weighted by molar-refractivity contribution is 7.92. The van der Waals surface area contributed by atoms with Crippen LogP contribution in [-0.4, -0.2) is 57.1 Å². The van der Waals surface area contributed by atoms with Crippen molar-refractivity contribution in [1.29, 1.82) is 0 Å². The highest BCUT2D eigenvalue weighted by Crippen LogP contribution is 2.23. The molecule has 0 aromatic heterocycles. The Labute approximate surface area is 257 Å². The van der Waals surface area contributed by atoms with E-state index in [0.29, 0.717) is 24.3 Å². The Kier molecular flexibility index (Phi) is 12.2. The average Bonchev–Trinajstić information content (AvgIpc) is 2.96. The fourth-order valence-electron chi connectivity index (χ4n) is 5.06. The molecule has 3 aromatic rings. The maximum atomic E-state index is 14.0. The number of carbonyl (C=O) groups excluding carboxylic acids is 2. The predicted molar refractivity (Wildman–Crippen MR) is 173 cm³/mol. The second kappa shape index (κ2) is 15.6. The predicted octanol–water partition coefficient (Wildman–Crippen LogP) is 5.41. The third-order valence-electron chi connectivity index (χ3n) is 7.41. The van der Waals surface area contributed by atoms with Crippen LogP contribution in [0.3, 0.4) is 0 Å². The van der Waals surface area contributed by atoms with Crippen LogP contribution in [0.15, 0.2) is 72.8 Å². The quantitative estimate of drug-likeness (QED) is 0.249. The van der Waals surface area contributed by atoms with E-state index in [9.17, 15) is 18.0 Å². The van der Waals surface area contributed by atoms with Crippen molar-refractivity contribution in [3.8, 4) is 5.75 Å². The van der Waals surface area contributed by atoms with Crippen molar-refractivity contribution in [2.45, 2.75) is 72.0 Å². The molecule has 2 atom stereocenters. The summed E-state index contributed by atoms with van der Waals surface area (Å²) in [5.74, 6) is 0.213. The van der Waals surface area contributed by atoms with Crippen LogP contribution in [0.5, 0.6) is 5.75 Å². The summed E-state index contributed by atoms with van der Waals surface area (Å²) in [5.41, 5.74) is 4.26. The summed E-state index contributed by atoms with van der Waals surface area (Å²) in [6.07, 6.45) is 2.64. The minimum absolute atomic E-state index is 0.0550. The summed E-state index contributed by atoms with van der Waals surface area (Å²) >= 11 is 0. The van der Waals surface area contributed by atoms with Gasteiger partial charge in [0.05, 0.1) is 19.1 Å². The normalized spacial score (nSPS) is 12.7. The number of methoxy groups -OCH3 is 1. The summed E-state index contributed by atoms with van der Waals surface area (Å²) in [5, 5.41) is 3.07. The molecule has 0 fully saturated rings. The Balaban J connectivity index is 1.92. The van der Waals surface area contributed by atoms with Crippen LogP contribution in [0.1, 0.15) is 55.4 Å². The number of carbonyl (C=O) groups is 2. The van der Waals surface area contributed by atoms with Crippen molar-refractivity contribution in [1.82, 2.24) is 10.2 Å². The zero-order valence-corrected chi connectivity index (χ0v) is 27.0. The van der Waals surface area contributed by atoms with E-state index in [1.165, 1.54) is 10.6 Å². The van der Waals surface area contributed by atoms with Gasteiger partial charge in [0.1, 0.15) is 11.8 Å². The van der Waals surface area contributed by atoms with Crippen LogP contribution in [0.4, 0.5) is 5.69 Å². The summed E-state index contributed by atoms with van der Waals surface area (Å²) in [4.78, 5) is 29.4. The lowest BCUT2D eigenvalue weighted by molar-refractivity contribution is -0.141. The van der Waals surface area contributed by atoms with E-state index in [0.717, 1.165) is 28.7 Å². The molecule has 0 aliphatic carbocycles. The topological polar surface area (TPSA) is 96.0 Å². The van der Waals surface area contributed by atoms with Gasteiger partial charge in [0.25, 0.3) is 0 Å². The van der Waals surface area contributed by atoms with Gasteiger partial charge in [-0.3, -0.25) is 13.9 Å². The van der Waals surface area contributed by atoms with E-state index in [-0.39, 0.29) is 37.4 Å². The number of hydrogen-bond acceptors (Lipinski definition) is 5. The molecule has 0 heterocycles. The van der Waals surface area contributed by atoms with E-state index in [4.69, 9.17) is 4.74 Å². The number of aryl methyl sites for hydroxylation is 2. The highest BCUT2D eigenvalue weighted by Gasteiger charge is 2.31. The zero-order valence-electron chi connectivity index (χ0n) is 26.2. The van der Waals surface area contributed by atoms with Crippen LogP contribution < -0.4 is 14.4 Å². The monoisotopic (exact) mass is 607 g/mol. The summed E-state index contributed by atoms with van der Waals surface area (Å²) < 4.78 is 32.3. The standard InChI is InChI=1S/C34H45N3O5S/c1-7-27(4)35-34(39)32(23-28-13-9-8-10-14-28)36(24-29-15-11-16-31(22-29)42-5)33(38)17-12-18-37(43(6,40)41)30-20-25(2)19-26(3)21-30/h8-11,13-16,19-22,27,32H,7,12,17-18,23-24H2,1-6H3,(H,35,39)/t27-,32+/m1/s1. The number of amides is 2. The van der Waals surface area contributed by atoms with Gasteiger partial charge in [0, 0.05) is 32.0 Å². The molecule has 1 N–H and O–H groups in total. The van der Waals surface area contributed by atoms with Crippen LogP contribution >= 0.6 is 0 Å². The molecular weight excluding hydrogens is 562 g/mol. The van der Waals surface area contributed by atoms with Gasteiger partial charge in [0.2, 0.25) is 21.8 Å². The lowest BCUT2D eigenvalue weighted by Crippen LogP contribution is -2.52. The van der Waals surface area contributed by atoms with E-state index in [1.54, 1.807) is 12.0 Å². The Morgan fingerprint density at radius 3 is 2.19 bits per heavy atom. The molecule has 3 rings (SSSR count). The Morgan fingerprint density at radius 2 is 1.58 bits per heavy atom. The Morgan fingerprint density at radius 1 is 0.930 bits per heavy atom. The second-order valence-corrected chi connectivity index (χ2v) is 13.1. The maximum absolute atomic E-state index is 14.0. The first-order chi connectivity index (χ1) is 20.4. The maximum Gasteiger partial charge on any atom is 0.243 e. The van der Waals surface area contributed by atoms with Gasteiger partial charge in [-0.05, 0) is 80.1 Å². The molecule has 0 spiro atoms. The fourth-order valence-corrected chi connectivity index (χ4v) is 6.01. The number of rotatable bonds is 15. The van der Waals surface area contributed by atoms with Crippen LogP contribution in [0.2, 0.25) is 0 Å². The van der Waals surface area contributed by atoms with Crippen molar-refractivity contribution in [3.63, 3.8) is 0 Å². The first-order valence-electron chi connectivity index (χ1n) is 14.7. The number of nitrogens with zero attached hydrogens (tertiary/aromatic N) is 2. The molecule has 0 saturated heterocycles. The lowest BCUT2D eigenvalue weighted by atomic mass is 10.0. The third-order valence-corrected chi connectivity index (χ3v) is 8.60. The summed E-state index contributed by atoms with van der Waals surface area (Å²) in [6, 6.07) is 21.9. The lowest BCUT2D eigenvalue weighted by Gasteiger charge is -2.33. The molecule has 8 nitrogen and oxygen atoms in total. The summed E-state index contributed by atoms with van der Waals surface area (Å²) in [7, 11) is -2.00. The number of nitrogens with one attached hydrogen (secondary N) is 1. The Bertz CT molecular complexity index is 1460. The first kappa shape index (κ1) is 33.6. The van der Waals surface area contributed by atoms with Crippen molar-refractivity contribution in [2.75, 3.05) is 24.2 Å². The van der Waals surface area contributed by atoms with Crippen LogP contribution in [-0.2, 0) is 32.6 Å². The van der Waals surface area contributed by atoms with Crippen LogP contribution in [0, 0.1) is 13.8 Å². The second-order valence-electron chi connectivity index (χ2n) is 11.2. The molecule has 2 amide bonds. The van der Waals surface area contributed by atoms with Gasteiger partial charge in [-0.1, -0.05) is 55.5 Å². The van der Waals surface area contributed by atoms with Gasteiger partial charge in [0.15, 0.2) is 0 Å². The van der Waals surface area contributed by atoms with Crippen LogP contribution in [0.25, 0.3) is 0 Å². The van der Waals surface area contributed by atoms with Gasteiger partial charge in [-0.25, -0.2) is 8.42 Å². The molecular formula is C34H45N3O5S. The van der Waals surface area contributed by atoms with Crippen molar-refractivity contribution < 1.29 is 22.7 Å². The minimum atomic E-state index is -3.58. The Hall–Kier alpha value is -3.85. The van der Waals surface area contributed by atoms with E-state index in [2.05, 4.69) is 5.32 Å². The van der Waals surface area contributed by atoms with E-state index in [1.807, 2.05) is 100 Å². The van der Waals surface area contributed by atoms with Gasteiger partial charge in [-0.15, -0.1) is 0 Å². The van der Waals surface area contributed by atoms with Gasteiger partial charge >= 0.3 is 0 Å². The molecule has 0 aliphatic heterocycles. The van der Waals surface area contributed by atoms with E-state index >= 15 is 0 Å². The zero-order chi connectivity index (χ0) is 31.6. The molecule has 0 saturated carbocycles. The minimum Gasteiger partial charge on any atom is -0.497 e. The largest absolute Gasteiger partial charge is 0.497 e. The number of anilines is 1. The van der Waals surface area contributed by atoms with Crippen molar-refractivity contribution in [3.05, 3.63) is 95.1 Å². The third kappa shape index (κ3) is 10.1. The SMILES string of the molecule is CC[C@@H](C)NC(=O)[C@H](Cc1ccccc1)N(Cc1cccc(OC)c1)C(=O)CCCN(c1cc(C)cc(C)c1)S(C)(=O)=O. The number of ether oxygens (including phenoxy) is 1. The number of benzene rings is 3. The highest BCUT2D eigenvalue weighted by atomic mass is 32.2. The molecule has 0 bridgehead atoms. The molecule has 9 heteroatoms.